The SMILES string of the molecule is CC(O)(CNCC(O)c1ccsc1)C(=O)O. The molecule has 4 N–H and O–H groups in total. The Morgan fingerprint density at radius 1 is 1.69 bits per heavy atom. The largest absolute Gasteiger partial charge is 0.479 e. The number of nitrogens with one attached hydrogen (secondary N) is 1. The van der Waals surface area contributed by atoms with Crippen molar-refractivity contribution in [2.24, 2.45) is 0 Å². The molecular weight excluding hydrogens is 230 g/mol. The number of aliphatic hydroxyl groups excluding tert-OH is 1. The first kappa shape index (κ1) is 13.1. The second-order valence-electron chi connectivity index (χ2n) is 3.78. The van der Waals surface area contributed by atoms with E-state index in [4.69, 9.17) is 5.11 Å². The van der Waals surface area contributed by atoms with E-state index in [1.54, 1.807) is 6.07 Å². The molecule has 5 nitrogen and oxygen atoms in total. The van der Waals surface area contributed by atoms with Crippen molar-refractivity contribution in [2.75, 3.05) is 13.1 Å². The van der Waals surface area contributed by atoms with Gasteiger partial charge in [-0.2, -0.15) is 11.3 Å². The minimum atomic E-state index is -1.81. The molecule has 0 bridgehead atoms. The zero-order valence-electron chi connectivity index (χ0n) is 8.88. The summed E-state index contributed by atoms with van der Waals surface area (Å²) < 4.78 is 0. The molecule has 0 aliphatic heterocycles. The van der Waals surface area contributed by atoms with Crippen LogP contribution in [0, 0.1) is 0 Å². The number of carboxylic acids is 1. The lowest BCUT2D eigenvalue weighted by molar-refractivity contribution is -0.156. The minimum Gasteiger partial charge on any atom is -0.479 e. The van der Waals surface area contributed by atoms with E-state index < -0.39 is 17.7 Å². The van der Waals surface area contributed by atoms with Crippen molar-refractivity contribution in [1.29, 1.82) is 0 Å². The molecule has 0 aliphatic carbocycles. The molecule has 0 saturated heterocycles. The van der Waals surface area contributed by atoms with Crippen LogP contribution in [0.15, 0.2) is 16.8 Å². The van der Waals surface area contributed by atoms with E-state index >= 15 is 0 Å². The number of hydrogen-bond donors (Lipinski definition) is 4. The van der Waals surface area contributed by atoms with Crippen LogP contribution in [0.5, 0.6) is 0 Å². The quantitative estimate of drug-likeness (QED) is 0.575. The van der Waals surface area contributed by atoms with Crippen LogP contribution in [-0.2, 0) is 4.79 Å². The molecule has 2 atom stereocenters. The van der Waals surface area contributed by atoms with Crippen LogP contribution in [-0.4, -0.2) is 40.0 Å². The van der Waals surface area contributed by atoms with E-state index in [1.807, 2.05) is 10.8 Å². The molecule has 0 aromatic carbocycles. The predicted octanol–water partition coefficient (Wildman–Crippen LogP) is 0.207. The highest BCUT2D eigenvalue weighted by molar-refractivity contribution is 7.07. The van der Waals surface area contributed by atoms with Crippen LogP contribution in [0.3, 0.4) is 0 Å². The number of aliphatic carboxylic acids is 1. The smallest absolute Gasteiger partial charge is 0.336 e. The Kier molecular flexibility index (Phi) is 4.43. The fraction of sp³-hybridized carbons (Fsp3) is 0.500. The molecule has 0 fully saturated rings. The molecule has 0 radical (unpaired) electrons. The van der Waals surface area contributed by atoms with Crippen molar-refractivity contribution in [1.82, 2.24) is 5.32 Å². The molecule has 1 aromatic heterocycles. The standard InChI is InChI=1S/C10H15NO4S/c1-10(15,9(13)14)6-11-4-8(12)7-2-3-16-5-7/h2-3,5,8,11-12,15H,4,6H2,1H3,(H,13,14). The highest BCUT2D eigenvalue weighted by Crippen LogP contribution is 2.15. The van der Waals surface area contributed by atoms with Crippen LogP contribution in [0.1, 0.15) is 18.6 Å². The average molecular weight is 245 g/mol. The van der Waals surface area contributed by atoms with E-state index in [2.05, 4.69) is 5.32 Å². The first-order valence-corrected chi connectivity index (χ1v) is 5.74. The number of hydrogen-bond acceptors (Lipinski definition) is 5. The van der Waals surface area contributed by atoms with Crippen LogP contribution >= 0.6 is 11.3 Å². The van der Waals surface area contributed by atoms with Gasteiger partial charge in [0.15, 0.2) is 5.60 Å². The summed E-state index contributed by atoms with van der Waals surface area (Å²) in [6.45, 7) is 1.31. The van der Waals surface area contributed by atoms with Crippen molar-refractivity contribution in [3.8, 4) is 0 Å². The topological polar surface area (TPSA) is 89.8 Å². The van der Waals surface area contributed by atoms with Crippen LogP contribution in [0.2, 0.25) is 0 Å². The van der Waals surface area contributed by atoms with Gasteiger partial charge in [-0.15, -0.1) is 0 Å². The summed E-state index contributed by atoms with van der Waals surface area (Å²) in [6.07, 6.45) is -0.684. The van der Waals surface area contributed by atoms with Crippen LogP contribution < -0.4 is 5.32 Å². The van der Waals surface area contributed by atoms with Crippen molar-refractivity contribution in [3.05, 3.63) is 22.4 Å². The van der Waals surface area contributed by atoms with Crippen molar-refractivity contribution in [2.45, 2.75) is 18.6 Å². The second-order valence-corrected chi connectivity index (χ2v) is 4.56. The molecule has 6 heteroatoms. The van der Waals surface area contributed by atoms with E-state index in [1.165, 1.54) is 18.3 Å². The third-order valence-electron chi connectivity index (χ3n) is 2.20. The van der Waals surface area contributed by atoms with Gasteiger partial charge in [0, 0.05) is 13.1 Å². The van der Waals surface area contributed by atoms with Gasteiger partial charge in [-0.3, -0.25) is 0 Å². The second kappa shape index (κ2) is 5.40. The Labute approximate surface area is 97.4 Å². The van der Waals surface area contributed by atoms with Gasteiger partial charge in [-0.05, 0) is 29.3 Å². The Morgan fingerprint density at radius 3 is 2.88 bits per heavy atom. The zero-order chi connectivity index (χ0) is 12.2. The number of rotatable bonds is 6. The summed E-state index contributed by atoms with van der Waals surface area (Å²) in [5.74, 6) is -1.29. The van der Waals surface area contributed by atoms with Gasteiger partial charge in [0.25, 0.3) is 0 Å². The Bertz CT molecular complexity index is 337. The van der Waals surface area contributed by atoms with Gasteiger partial charge in [0.2, 0.25) is 0 Å². The highest BCUT2D eigenvalue weighted by atomic mass is 32.1. The number of aliphatic hydroxyl groups is 2. The number of carbonyl (C=O) groups is 1. The lowest BCUT2D eigenvalue weighted by atomic mass is 10.1. The highest BCUT2D eigenvalue weighted by Gasteiger charge is 2.29. The maximum Gasteiger partial charge on any atom is 0.336 e. The molecule has 1 heterocycles. The maximum absolute atomic E-state index is 10.6. The van der Waals surface area contributed by atoms with E-state index in [-0.39, 0.29) is 13.1 Å². The van der Waals surface area contributed by atoms with Gasteiger partial charge >= 0.3 is 5.97 Å². The first-order valence-electron chi connectivity index (χ1n) is 4.80. The van der Waals surface area contributed by atoms with Gasteiger partial charge in [-0.1, -0.05) is 0 Å². The first-order chi connectivity index (χ1) is 7.43. The van der Waals surface area contributed by atoms with Crippen molar-refractivity contribution < 1.29 is 20.1 Å². The molecule has 0 aliphatic rings. The van der Waals surface area contributed by atoms with Crippen molar-refractivity contribution in [3.63, 3.8) is 0 Å². The molecule has 2 unspecified atom stereocenters. The van der Waals surface area contributed by atoms with Gasteiger partial charge in [0.05, 0.1) is 6.10 Å². The van der Waals surface area contributed by atoms with Gasteiger partial charge in [0.1, 0.15) is 0 Å². The molecule has 0 saturated carbocycles. The van der Waals surface area contributed by atoms with Crippen LogP contribution in [0.25, 0.3) is 0 Å². The minimum absolute atomic E-state index is 0.108. The lowest BCUT2D eigenvalue weighted by Gasteiger charge is -2.19. The zero-order valence-corrected chi connectivity index (χ0v) is 9.70. The molecular formula is C10H15NO4S. The summed E-state index contributed by atoms with van der Waals surface area (Å²) in [5, 5.41) is 34.1. The third kappa shape index (κ3) is 3.57. The molecule has 1 rings (SSSR count). The van der Waals surface area contributed by atoms with Crippen molar-refractivity contribution >= 4 is 17.3 Å². The summed E-state index contributed by atoms with van der Waals surface area (Å²) in [4.78, 5) is 10.6. The maximum atomic E-state index is 10.6. The summed E-state index contributed by atoms with van der Waals surface area (Å²) >= 11 is 1.48. The summed E-state index contributed by atoms with van der Waals surface area (Å²) in [6, 6.07) is 1.80. The Balaban J connectivity index is 2.34. The Morgan fingerprint density at radius 2 is 2.38 bits per heavy atom. The van der Waals surface area contributed by atoms with E-state index in [9.17, 15) is 15.0 Å². The van der Waals surface area contributed by atoms with E-state index in [0.717, 1.165) is 5.56 Å². The lowest BCUT2D eigenvalue weighted by Crippen LogP contribution is -2.45. The summed E-state index contributed by atoms with van der Waals surface area (Å²) in [5.41, 5.74) is -1.03. The van der Waals surface area contributed by atoms with E-state index in [0.29, 0.717) is 0 Å². The normalized spacial score (nSPS) is 16.7. The molecule has 0 spiro atoms. The predicted molar refractivity (Wildman–Crippen MR) is 60.4 cm³/mol. The molecule has 0 amide bonds. The number of thiophene rings is 1. The molecule has 90 valence electrons. The van der Waals surface area contributed by atoms with Gasteiger partial charge in [-0.25, -0.2) is 4.79 Å². The van der Waals surface area contributed by atoms with Gasteiger partial charge < -0.3 is 20.6 Å². The molecule has 16 heavy (non-hydrogen) atoms. The fourth-order valence-corrected chi connectivity index (χ4v) is 1.82. The average Bonchev–Trinajstić information content (AvgIpc) is 2.69. The molecule has 1 aromatic rings. The Hall–Kier alpha value is -0.950. The summed E-state index contributed by atoms with van der Waals surface area (Å²) in [7, 11) is 0. The van der Waals surface area contributed by atoms with Crippen LogP contribution in [0.4, 0.5) is 0 Å². The third-order valence-corrected chi connectivity index (χ3v) is 2.90. The monoisotopic (exact) mass is 245 g/mol. The number of carboxylic acid groups (broad SMARTS) is 1. The fourth-order valence-electron chi connectivity index (χ4n) is 1.11.